The van der Waals surface area contributed by atoms with Crippen LogP contribution in [0.5, 0.6) is 0 Å². The van der Waals surface area contributed by atoms with E-state index in [-0.39, 0.29) is 11.1 Å². The van der Waals surface area contributed by atoms with Crippen LogP contribution in [0.2, 0.25) is 5.02 Å². The molecule has 3 nitrogen and oxygen atoms in total. The van der Waals surface area contributed by atoms with Crippen molar-refractivity contribution in [2.45, 2.75) is 32.7 Å². The molecular formula is C21H23ClN2OS. The van der Waals surface area contributed by atoms with Crippen LogP contribution in [-0.4, -0.2) is 10.5 Å². The van der Waals surface area contributed by atoms with Crippen LogP contribution in [0.1, 0.15) is 26.3 Å². The maximum atomic E-state index is 13.0. The van der Waals surface area contributed by atoms with Crippen molar-refractivity contribution in [1.82, 2.24) is 3.96 Å². The number of hydrogen-bond donors (Lipinski definition) is 1. The highest BCUT2D eigenvalue weighted by molar-refractivity contribution is 7.11. The molecule has 0 bridgehead atoms. The minimum absolute atomic E-state index is 0.0283. The average Bonchev–Trinajstić information content (AvgIpc) is 2.94. The van der Waals surface area contributed by atoms with Crippen molar-refractivity contribution in [3.05, 3.63) is 75.5 Å². The van der Waals surface area contributed by atoms with Gasteiger partial charge in [0.1, 0.15) is 5.69 Å². The van der Waals surface area contributed by atoms with Crippen LogP contribution >= 0.6 is 23.1 Å². The lowest BCUT2D eigenvalue weighted by Crippen LogP contribution is -2.30. The second-order valence-corrected chi connectivity index (χ2v) is 8.56. The Balaban J connectivity index is 1.91. The van der Waals surface area contributed by atoms with Crippen LogP contribution < -0.4 is 10.9 Å². The number of anilines is 1. The lowest BCUT2D eigenvalue weighted by Gasteiger charge is -2.18. The van der Waals surface area contributed by atoms with Gasteiger partial charge in [0.15, 0.2) is 0 Å². The first-order valence-electron chi connectivity index (χ1n) is 8.67. The number of hydrogen-bond acceptors (Lipinski definition) is 3. The second-order valence-electron chi connectivity index (χ2n) is 7.20. The van der Waals surface area contributed by atoms with Crippen LogP contribution in [0.25, 0.3) is 10.4 Å². The zero-order valence-electron chi connectivity index (χ0n) is 15.3. The molecule has 3 rings (SSSR count). The predicted molar refractivity (Wildman–Crippen MR) is 113 cm³/mol. The zero-order valence-corrected chi connectivity index (χ0v) is 16.8. The molecule has 136 valence electrons. The van der Waals surface area contributed by atoms with Gasteiger partial charge in [0.2, 0.25) is 0 Å². The quantitative estimate of drug-likeness (QED) is 0.615. The molecule has 0 amide bonds. The fraction of sp³-hybridized carbons (Fsp3) is 0.286. The van der Waals surface area contributed by atoms with E-state index >= 15 is 0 Å². The number of benzene rings is 2. The first-order chi connectivity index (χ1) is 12.4. The molecule has 0 radical (unpaired) electrons. The van der Waals surface area contributed by atoms with E-state index in [0.717, 1.165) is 27.4 Å². The van der Waals surface area contributed by atoms with Crippen LogP contribution in [0.15, 0.2) is 59.4 Å². The Morgan fingerprint density at radius 2 is 1.69 bits per heavy atom. The minimum atomic E-state index is -0.256. The highest BCUT2D eigenvalue weighted by Gasteiger charge is 2.23. The average molecular weight is 387 g/mol. The van der Waals surface area contributed by atoms with Gasteiger partial charge in [-0.15, -0.1) is 0 Å². The van der Waals surface area contributed by atoms with E-state index < -0.39 is 0 Å². The molecule has 0 fully saturated rings. The van der Waals surface area contributed by atoms with E-state index in [4.69, 9.17) is 11.6 Å². The van der Waals surface area contributed by atoms with Gasteiger partial charge in [-0.3, -0.25) is 8.75 Å². The first kappa shape index (κ1) is 18.7. The summed E-state index contributed by atoms with van der Waals surface area (Å²) < 4.78 is 1.84. The third-order valence-corrected chi connectivity index (χ3v) is 5.99. The molecule has 0 aliphatic carbocycles. The number of nitrogens with one attached hydrogen (secondary N) is 1. The summed E-state index contributed by atoms with van der Waals surface area (Å²) in [6.07, 6.45) is 0.763. The van der Waals surface area contributed by atoms with Gasteiger partial charge in [0, 0.05) is 11.6 Å². The smallest absolute Gasteiger partial charge is 0.285 e. The summed E-state index contributed by atoms with van der Waals surface area (Å²) in [6, 6.07) is 17.9. The summed E-state index contributed by atoms with van der Waals surface area (Å²) in [5, 5.41) is 4.13. The number of aromatic nitrogens is 1. The molecule has 0 aliphatic rings. The van der Waals surface area contributed by atoms with Gasteiger partial charge in [0.05, 0.1) is 10.4 Å². The lowest BCUT2D eigenvalue weighted by atomic mass is 10.1. The summed E-state index contributed by atoms with van der Waals surface area (Å²) in [5.74, 6) is 0. The monoisotopic (exact) mass is 386 g/mol. The van der Waals surface area contributed by atoms with E-state index in [2.05, 4.69) is 5.32 Å². The molecule has 26 heavy (non-hydrogen) atoms. The Morgan fingerprint density at radius 1 is 1.04 bits per heavy atom. The van der Waals surface area contributed by atoms with Crippen LogP contribution in [0.4, 0.5) is 5.69 Å². The van der Waals surface area contributed by atoms with Crippen molar-refractivity contribution in [3.8, 4) is 10.4 Å². The summed E-state index contributed by atoms with van der Waals surface area (Å²) in [6.45, 7) is 6.80. The Kier molecular flexibility index (Phi) is 5.54. The maximum Gasteiger partial charge on any atom is 0.285 e. The van der Waals surface area contributed by atoms with Crippen LogP contribution in [0.3, 0.4) is 0 Å². The molecule has 0 aliphatic heterocycles. The molecule has 0 saturated heterocycles. The van der Waals surface area contributed by atoms with Gasteiger partial charge in [-0.1, -0.05) is 71.7 Å². The fourth-order valence-corrected chi connectivity index (χ4v) is 4.14. The summed E-state index contributed by atoms with van der Waals surface area (Å²) >= 11 is 7.75. The molecule has 5 heteroatoms. The van der Waals surface area contributed by atoms with Crippen molar-refractivity contribution < 1.29 is 0 Å². The SMILES string of the molecule is CC(C)(C)n1sc(-c2ccccc2)c(NCCc2ccccc2Cl)c1=O. The zero-order chi connectivity index (χ0) is 18.7. The number of halogens is 1. The van der Waals surface area contributed by atoms with Gasteiger partial charge in [-0.25, -0.2) is 0 Å². The van der Waals surface area contributed by atoms with E-state index in [9.17, 15) is 4.79 Å². The molecular weight excluding hydrogens is 364 g/mol. The first-order valence-corrected chi connectivity index (χ1v) is 9.82. The van der Waals surface area contributed by atoms with E-state index in [1.165, 1.54) is 11.5 Å². The summed E-state index contributed by atoms with van der Waals surface area (Å²) in [7, 11) is 0. The summed E-state index contributed by atoms with van der Waals surface area (Å²) in [5.41, 5.74) is 2.57. The standard InChI is InChI=1S/C21H23ClN2OS/c1-21(2,3)24-20(25)18(19(26-24)16-10-5-4-6-11-16)23-14-13-15-9-7-8-12-17(15)22/h4-12,23H,13-14H2,1-3H3. The highest BCUT2D eigenvalue weighted by atomic mass is 35.5. The Labute approximate surface area is 163 Å². The Morgan fingerprint density at radius 3 is 2.35 bits per heavy atom. The van der Waals surface area contributed by atoms with E-state index in [1.54, 1.807) is 0 Å². The largest absolute Gasteiger partial charge is 0.379 e. The lowest BCUT2D eigenvalue weighted by molar-refractivity contribution is 0.419. The molecule has 1 N–H and O–H groups in total. The molecule has 0 atom stereocenters. The highest BCUT2D eigenvalue weighted by Crippen LogP contribution is 2.33. The van der Waals surface area contributed by atoms with Crippen LogP contribution in [0, 0.1) is 0 Å². The van der Waals surface area contributed by atoms with Crippen molar-refractivity contribution in [1.29, 1.82) is 0 Å². The molecule has 3 aromatic rings. The third kappa shape index (κ3) is 4.02. The number of rotatable bonds is 5. The molecule has 2 aromatic carbocycles. The van der Waals surface area contributed by atoms with E-state index in [0.29, 0.717) is 12.2 Å². The van der Waals surface area contributed by atoms with E-state index in [1.807, 2.05) is 79.3 Å². The molecule has 1 heterocycles. The van der Waals surface area contributed by atoms with Gasteiger partial charge in [-0.05, 0) is 44.4 Å². The Bertz CT molecular complexity index is 939. The third-order valence-electron chi connectivity index (χ3n) is 4.11. The second kappa shape index (κ2) is 7.68. The topological polar surface area (TPSA) is 34.0 Å². The normalized spacial score (nSPS) is 11.5. The molecule has 1 aromatic heterocycles. The molecule has 0 spiro atoms. The van der Waals surface area contributed by atoms with Gasteiger partial charge < -0.3 is 5.32 Å². The molecule has 0 unspecified atom stereocenters. The van der Waals surface area contributed by atoms with Gasteiger partial charge in [0.25, 0.3) is 5.56 Å². The van der Waals surface area contributed by atoms with Crippen molar-refractivity contribution in [2.75, 3.05) is 11.9 Å². The van der Waals surface area contributed by atoms with Crippen molar-refractivity contribution in [3.63, 3.8) is 0 Å². The van der Waals surface area contributed by atoms with Crippen molar-refractivity contribution in [2.24, 2.45) is 0 Å². The Hall–Kier alpha value is -2.04. The fourth-order valence-electron chi connectivity index (χ4n) is 2.78. The number of nitrogens with zero attached hydrogens (tertiary/aromatic N) is 1. The van der Waals surface area contributed by atoms with Gasteiger partial charge in [-0.2, -0.15) is 0 Å². The summed E-state index contributed by atoms with van der Waals surface area (Å²) in [4.78, 5) is 14.0. The maximum absolute atomic E-state index is 13.0. The van der Waals surface area contributed by atoms with Crippen LogP contribution in [-0.2, 0) is 12.0 Å². The van der Waals surface area contributed by atoms with Gasteiger partial charge >= 0.3 is 0 Å². The predicted octanol–water partition coefficient (Wildman–Crippen LogP) is 5.64. The minimum Gasteiger partial charge on any atom is -0.379 e. The molecule has 0 saturated carbocycles. The van der Waals surface area contributed by atoms with Crippen molar-refractivity contribution >= 4 is 28.8 Å².